The highest BCUT2D eigenvalue weighted by Gasteiger charge is 2.15. The topological polar surface area (TPSA) is 12.4 Å². The first-order chi connectivity index (χ1) is 15.0. The average Bonchev–Trinajstić information content (AvgIpc) is 2.80. The maximum absolute atomic E-state index is 4.73. The van der Waals surface area contributed by atoms with Crippen LogP contribution in [0.15, 0.2) is 71.9 Å². The zero-order chi connectivity index (χ0) is 23.0. The summed E-state index contributed by atoms with van der Waals surface area (Å²) in [5.74, 6) is 0. The van der Waals surface area contributed by atoms with Crippen molar-refractivity contribution in [1.82, 2.24) is 0 Å². The summed E-state index contributed by atoms with van der Waals surface area (Å²) in [6.45, 7) is 20.7. The van der Waals surface area contributed by atoms with E-state index >= 15 is 0 Å². The van der Waals surface area contributed by atoms with Crippen molar-refractivity contribution in [2.45, 2.75) is 73.6 Å². The largest absolute Gasteiger partial charge is 0.257 e. The molecule has 4 rings (SSSR count). The quantitative estimate of drug-likeness (QED) is 0.476. The lowest BCUT2D eigenvalue weighted by atomic mass is 9.88. The van der Waals surface area contributed by atoms with E-state index in [-0.39, 0.29) is 0 Å². The molecule has 1 heteroatoms. The molecule has 1 aliphatic carbocycles. The van der Waals surface area contributed by atoms with Gasteiger partial charge in [0.15, 0.2) is 0 Å². The molecule has 0 N–H and O–H groups in total. The van der Waals surface area contributed by atoms with Gasteiger partial charge in [-0.1, -0.05) is 71.2 Å². The molecule has 2 aromatic rings. The smallest absolute Gasteiger partial charge is 0.0704 e. The Balaban J connectivity index is 0.000000807. The van der Waals surface area contributed by atoms with Crippen molar-refractivity contribution in [1.29, 1.82) is 0 Å². The molecule has 1 nitrogen and oxygen atoms in total. The Kier molecular flexibility index (Phi) is 9.24. The van der Waals surface area contributed by atoms with Crippen LogP contribution in [-0.2, 0) is 12.8 Å². The van der Waals surface area contributed by atoms with E-state index in [9.17, 15) is 0 Å². The van der Waals surface area contributed by atoms with Crippen LogP contribution in [0.2, 0.25) is 0 Å². The molecule has 1 heterocycles. The van der Waals surface area contributed by atoms with Gasteiger partial charge in [-0.05, 0) is 90.6 Å². The highest BCUT2D eigenvalue weighted by atomic mass is 14.8. The van der Waals surface area contributed by atoms with E-state index in [4.69, 9.17) is 4.99 Å². The fraction of sp³-hybridized carbons (Fsp3) is 0.367. The van der Waals surface area contributed by atoms with Crippen LogP contribution in [0.5, 0.6) is 0 Å². The number of hydrogen-bond donors (Lipinski definition) is 0. The van der Waals surface area contributed by atoms with Gasteiger partial charge in [-0.15, -0.1) is 0 Å². The van der Waals surface area contributed by atoms with Gasteiger partial charge in [-0.25, -0.2) is 0 Å². The van der Waals surface area contributed by atoms with E-state index in [0.29, 0.717) is 0 Å². The Hall–Kier alpha value is -2.67. The summed E-state index contributed by atoms with van der Waals surface area (Å²) in [4.78, 5) is 4.73. The number of nitrogens with zero attached hydrogens (tertiary/aromatic N) is 1. The molecule has 0 spiro atoms. The van der Waals surface area contributed by atoms with E-state index in [1.807, 2.05) is 27.7 Å². The summed E-state index contributed by atoms with van der Waals surface area (Å²) < 4.78 is 0. The van der Waals surface area contributed by atoms with E-state index < -0.39 is 0 Å². The van der Waals surface area contributed by atoms with E-state index in [2.05, 4.69) is 69.5 Å². The summed E-state index contributed by atoms with van der Waals surface area (Å²) in [6.07, 6.45) is 7.98. The second kappa shape index (κ2) is 11.6. The number of hydrogen-bond acceptors (Lipinski definition) is 1. The van der Waals surface area contributed by atoms with Gasteiger partial charge in [0.2, 0.25) is 0 Å². The molecule has 0 aromatic heterocycles. The molecule has 31 heavy (non-hydrogen) atoms. The van der Waals surface area contributed by atoms with Gasteiger partial charge in [0.05, 0.1) is 5.70 Å². The molecule has 0 atom stereocenters. The third kappa shape index (κ3) is 5.94. The van der Waals surface area contributed by atoms with Gasteiger partial charge in [-0.2, -0.15) is 0 Å². The van der Waals surface area contributed by atoms with Crippen molar-refractivity contribution < 1.29 is 0 Å². The van der Waals surface area contributed by atoms with Crippen molar-refractivity contribution in [2.24, 2.45) is 4.99 Å². The second-order valence-corrected chi connectivity index (χ2v) is 7.91. The summed E-state index contributed by atoms with van der Waals surface area (Å²) in [5.41, 5.74) is 12.1. The first-order valence-electron chi connectivity index (χ1n) is 11.9. The lowest BCUT2D eigenvalue weighted by Crippen LogP contribution is -2.03. The molecule has 2 aromatic carbocycles. The van der Waals surface area contributed by atoms with Gasteiger partial charge in [0.1, 0.15) is 0 Å². The molecule has 0 saturated carbocycles. The van der Waals surface area contributed by atoms with Crippen LogP contribution in [0.3, 0.4) is 0 Å². The number of aryl methyl sites for hydroxylation is 3. The Bertz CT molecular complexity index is 1000. The van der Waals surface area contributed by atoms with Crippen LogP contribution in [0.4, 0.5) is 0 Å². The zero-order valence-corrected chi connectivity index (χ0v) is 20.4. The Morgan fingerprint density at radius 2 is 1.45 bits per heavy atom. The Morgan fingerprint density at radius 3 is 2.13 bits per heavy atom. The lowest BCUT2D eigenvalue weighted by molar-refractivity contribution is 0.686. The summed E-state index contributed by atoms with van der Waals surface area (Å²) in [7, 11) is 0. The van der Waals surface area contributed by atoms with Crippen molar-refractivity contribution >= 4 is 11.3 Å². The summed E-state index contributed by atoms with van der Waals surface area (Å²) >= 11 is 0. The zero-order valence-electron chi connectivity index (χ0n) is 20.4. The molecular weight excluding hydrogens is 374 g/mol. The molecule has 0 radical (unpaired) electrons. The van der Waals surface area contributed by atoms with Crippen molar-refractivity contribution in [3.63, 3.8) is 0 Å². The number of fused-ring (bicyclic) bond motifs is 1. The third-order valence-electron chi connectivity index (χ3n) is 5.69. The summed E-state index contributed by atoms with van der Waals surface area (Å²) in [5, 5.41) is 0. The van der Waals surface area contributed by atoms with Gasteiger partial charge < -0.3 is 0 Å². The fourth-order valence-corrected chi connectivity index (χ4v) is 4.18. The van der Waals surface area contributed by atoms with Gasteiger partial charge in [-0.3, -0.25) is 4.99 Å². The van der Waals surface area contributed by atoms with Gasteiger partial charge in [0, 0.05) is 17.7 Å². The van der Waals surface area contributed by atoms with E-state index in [0.717, 1.165) is 29.0 Å². The molecule has 0 fully saturated rings. The highest BCUT2D eigenvalue weighted by molar-refractivity contribution is 5.92. The standard InChI is InChI=1S/C26H27N.2C2H6/c1-17-13-19(3)27-26(14-17)20(4)25-16-24(10-9-18(25)2)23-12-11-21-7-5-6-8-22(21)15-23;2*1-2/h9-12,14-16H,1,4-8,13H2,2-3H3;2*1-2H3. The lowest BCUT2D eigenvalue weighted by Gasteiger charge is -2.18. The predicted octanol–water partition coefficient (Wildman–Crippen LogP) is 8.91. The molecule has 0 bridgehead atoms. The van der Waals surface area contributed by atoms with Crippen LogP contribution in [0.25, 0.3) is 16.7 Å². The predicted molar refractivity (Wildman–Crippen MR) is 140 cm³/mol. The average molecular weight is 414 g/mol. The number of allylic oxidation sites excluding steroid dienone is 3. The number of benzene rings is 2. The first kappa shape index (κ1) is 24.6. The SMILES string of the molecule is C=C1C=C(C(=C)c2cc(-c3ccc4c(c3)CCCC4)ccc2C)N=C(C)C1.CC.CC. The molecule has 1 aliphatic heterocycles. The number of rotatable bonds is 3. The van der Waals surface area contributed by atoms with Crippen LogP contribution in [-0.4, -0.2) is 5.71 Å². The third-order valence-corrected chi connectivity index (χ3v) is 5.69. The van der Waals surface area contributed by atoms with Gasteiger partial charge >= 0.3 is 0 Å². The molecular formula is C30H39N. The second-order valence-electron chi connectivity index (χ2n) is 7.91. The van der Waals surface area contributed by atoms with Crippen LogP contribution in [0.1, 0.15) is 76.1 Å². The molecule has 0 saturated heterocycles. The first-order valence-corrected chi connectivity index (χ1v) is 11.9. The van der Waals surface area contributed by atoms with E-state index in [1.165, 1.54) is 59.1 Å². The maximum Gasteiger partial charge on any atom is 0.0704 e. The minimum Gasteiger partial charge on any atom is -0.257 e. The Labute approximate surface area is 190 Å². The minimum absolute atomic E-state index is 0.852. The molecule has 0 unspecified atom stereocenters. The highest BCUT2D eigenvalue weighted by Crippen LogP contribution is 2.33. The summed E-state index contributed by atoms with van der Waals surface area (Å²) in [6, 6.07) is 13.7. The van der Waals surface area contributed by atoms with Crippen LogP contribution in [0, 0.1) is 6.92 Å². The van der Waals surface area contributed by atoms with Crippen molar-refractivity contribution in [3.05, 3.63) is 89.2 Å². The maximum atomic E-state index is 4.73. The van der Waals surface area contributed by atoms with Crippen LogP contribution >= 0.6 is 0 Å². The van der Waals surface area contributed by atoms with Crippen molar-refractivity contribution in [3.8, 4) is 11.1 Å². The van der Waals surface area contributed by atoms with Crippen LogP contribution < -0.4 is 0 Å². The fourth-order valence-electron chi connectivity index (χ4n) is 4.18. The molecule has 0 amide bonds. The Morgan fingerprint density at radius 1 is 0.839 bits per heavy atom. The van der Waals surface area contributed by atoms with Gasteiger partial charge in [0.25, 0.3) is 0 Å². The minimum atomic E-state index is 0.852. The monoisotopic (exact) mass is 413 g/mol. The molecule has 164 valence electrons. The van der Waals surface area contributed by atoms with Crippen molar-refractivity contribution in [2.75, 3.05) is 0 Å². The normalized spacial score (nSPS) is 14.7. The number of aliphatic imine (C=N–C) groups is 1. The van der Waals surface area contributed by atoms with E-state index in [1.54, 1.807) is 0 Å². The molecule has 2 aliphatic rings.